The molecular formula is C21H26O3. The molecule has 0 aromatic heterocycles. The Morgan fingerprint density at radius 1 is 1.25 bits per heavy atom. The lowest BCUT2D eigenvalue weighted by atomic mass is 9.55. The van der Waals surface area contributed by atoms with Crippen molar-refractivity contribution >= 4 is 11.8 Å². The highest BCUT2D eigenvalue weighted by Gasteiger charge is 2.76. The molecule has 3 heteroatoms. The van der Waals surface area contributed by atoms with Crippen LogP contribution in [0.1, 0.15) is 65.2 Å². The lowest BCUT2D eigenvalue weighted by Gasteiger charge is -2.50. The summed E-state index contributed by atoms with van der Waals surface area (Å²) >= 11 is 0. The number of carbonyl (C=O) groups excluding carboxylic acids is 2. The Kier molecular flexibility index (Phi) is 2.87. The van der Waals surface area contributed by atoms with Crippen molar-refractivity contribution in [2.24, 2.45) is 23.2 Å². The number of carbonyl (C=O) groups is 2. The third-order valence-electron chi connectivity index (χ3n) is 8.00. The van der Waals surface area contributed by atoms with E-state index in [-0.39, 0.29) is 17.0 Å². The quantitative estimate of drug-likeness (QED) is 0.681. The molecule has 5 aliphatic carbocycles. The van der Waals surface area contributed by atoms with Crippen LogP contribution in [0.3, 0.4) is 0 Å². The Labute approximate surface area is 143 Å². The molecule has 0 unspecified atom stereocenters. The summed E-state index contributed by atoms with van der Waals surface area (Å²) in [7, 11) is 0. The fourth-order valence-electron chi connectivity index (χ4n) is 6.90. The van der Waals surface area contributed by atoms with Gasteiger partial charge in [0.05, 0.1) is 0 Å². The molecule has 0 N–H and O–H groups in total. The van der Waals surface area contributed by atoms with Gasteiger partial charge in [0, 0.05) is 24.7 Å². The van der Waals surface area contributed by atoms with Crippen molar-refractivity contribution in [1.29, 1.82) is 0 Å². The van der Waals surface area contributed by atoms with Gasteiger partial charge in [-0.25, -0.2) is 0 Å². The van der Waals surface area contributed by atoms with Gasteiger partial charge in [-0.1, -0.05) is 12.5 Å². The van der Waals surface area contributed by atoms with Crippen molar-refractivity contribution in [3.05, 3.63) is 22.8 Å². The minimum absolute atomic E-state index is 0.108. The molecule has 0 aromatic rings. The van der Waals surface area contributed by atoms with E-state index in [0.29, 0.717) is 30.0 Å². The van der Waals surface area contributed by atoms with Crippen molar-refractivity contribution in [3.63, 3.8) is 0 Å². The van der Waals surface area contributed by atoms with Crippen LogP contribution in [0, 0.1) is 23.2 Å². The summed E-state index contributed by atoms with van der Waals surface area (Å²) in [5.41, 5.74) is 4.51. The summed E-state index contributed by atoms with van der Waals surface area (Å²) in [5.74, 6) is 2.11. The molecule has 0 amide bonds. The van der Waals surface area contributed by atoms with Gasteiger partial charge < -0.3 is 4.74 Å². The maximum absolute atomic E-state index is 11.8. The van der Waals surface area contributed by atoms with E-state index in [1.54, 1.807) is 12.5 Å². The van der Waals surface area contributed by atoms with Crippen LogP contribution in [0.15, 0.2) is 22.8 Å². The molecule has 3 nitrogen and oxygen atoms in total. The topological polar surface area (TPSA) is 43.4 Å². The summed E-state index contributed by atoms with van der Waals surface area (Å²) in [4.78, 5) is 23.4. The van der Waals surface area contributed by atoms with E-state index in [0.717, 1.165) is 32.1 Å². The van der Waals surface area contributed by atoms with Crippen molar-refractivity contribution in [2.75, 3.05) is 0 Å². The lowest BCUT2D eigenvalue weighted by molar-refractivity contribution is -0.160. The number of fused-ring (bicyclic) bond motifs is 6. The molecule has 0 aliphatic heterocycles. The summed E-state index contributed by atoms with van der Waals surface area (Å²) < 4.78 is 5.93. The fourth-order valence-corrected chi connectivity index (χ4v) is 6.90. The Balaban J connectivity index is 1.52. The van der Waals surface area contributed by atoms with E-state index >= 15 is 0 Å². The van der Waals surface area contributed by atoms with Crippen LogP contribution in [0.25, 0.3) is 0 Å². The minimum Gasteiger partial charge on any atom is -0.458 e. The SMILES string of the molecule is CC(=O)O[C@@]12C[C@@H]1C[C@H]1[C@@H]3CCC4=CC(=O)CCC4=C3CC[C@@]12C. The van der Waals surface area contributed by atoms with Gasteiger partial charge in [0.25, 0.3) is 0 Å². The first-order valence-electron chi connectivity index (χ1n) is 9.60. The van der Waals surface area contributed by atoms with Gasteiger partial charge in [0.15, 0.2) is 5.78 Å². The first kappa shape index (κ1) is 14.9. The zero-order valence-corrected chi connectivity index (χ0v) is 14.7. The Morgan fingerprint density at radius 2 is 2.08 bits per heavy atom. The van der Waals surface area contributed by atoms with Crippen molar-refractivity contribution in [2.45, 2.75) is 70.8 Å². The number of hydrogen-bond donors (Lipinski definition) is 0. The predicted molar refractivity (Wildman–Crippen MR) is 90.1 cm³/mol. The molecule has 0 bridgehead atoms. The Bertz CT molecular complexity index is 715. The molecule has 3 fully saturated rings. The molecule has 128 valence electrons. The number of allylic oxidation sites excluding steroid dienone is 4. The van der Waals surface area contributed by atoms with E-state index < -0.39 is 0 Å². The second-order valence-electron chi connectivity index (χ2n) is 8.93. The average molecular weight is 326 g/mol. The van der Waals surface area contributed by atoms with Gasteiger partial charge in [-0.15, -0.1) is 0 Å². The third kappa shape index (κ3) is 1.74. The summed E-state index contributed by atoms with van der Waals surface area (Å²) in [6.07, 6.45) is 10.4. The lowest BCUT2D eigenvalue weighted by Crippen LogP contribution is -2.47. The number of hydrogen-bond acceptors (Lipinski definition) is 3. The largest absolute Gasteiger partial charge is 0.458 e. The van der Waals surface area contributed by atoms with Crippen LogP contribution in [0.4, 0.5) is 0 Å². The molecule has 0 spiro atoms. The van der Waals surface area contributed by atoms with Crippen molar-refractivity contribution < 1.29 is 14.3 Å². The van der Waals surface area contributed by atoms with Gasteiger partial charge in [0.2, 0.25) is 0 Å². The zero-order chi connectivity index (χ0) is 16.7. The van der Waals surface area contributed by atoms with E-state index in [9.17, 15) is 9.59 Å². The van der Waals surface area contributed by atoms with E-state index in [1.807, 2.05) is 6.08 Å². The highest BCUT2D eigenvalue weighted by Crippen LogP contribution is 2.75. The predicted octanol–water partition coefficient (Wildman–Crippen LogP) is 4.12. The number of esters is 1. The highest BCUT2D eigenvalue weighted by atomic mass is 16.6. The third-order valence-corrected chi connectivity index (χ3v) is 8.00. The van der Waals surface area contributed by atoms with Gasteiger partial charge in [-0.2, -0.15) is 0 Å². The van der Waals surface area contributed by atoms with Gasteiger partial charge in [-0.05, 0) is 74.0 Å². The van der Waals surface area contributed by atoms with E-state index in [2.05, 4.69) is 6.92 Å². The summed E-state index contributed by atoms with van der Waals surface area (Å²) in [6, 6.07) is 0. The molecule has 0 saturated heterocycles. The molecule has 5 rings (SSSR count). The van der Waals surface area contributed by atoms with E-state index in [1.165, 1.54) is 24.0 Å². The highest BCUT2D eigenvalue weighted by molar-refractivity contribution is 5.93. The second-order valence-corrected chi connectivity index (χ2v) is 8.93. The maximum atomic E-state index is 11.8. The fraction of sp³-hybridized carbons (Fsp3) is 0.714. The molecule has 0 heterocycles. The number of ketones is 1. The van der Waals surface area contributed by atoms with Crippen molar-refractivity contribution in [3.8, 4) is 0 Å². The second kappa shape index (κ2) is 4.62. The van der Waals surface area contributed by atoms with Gasteiger partial charge in [0.1, 0.15) is 5.60 Å². The zero-order valence-electron chi connectivity index (χ0n) is 14.7. The molecule has 3 saturated carbocycles. The van der Waals surface area contributed by atoms with Crippen LogP contribution in [0.2, 0.25) is 0 Å². The molecular weight excluding hydrogens is 300 g/mol. The number of ether oxygens (including phenoxy) is 1. The average Bonchev–Trinajstić information content (AvgIpc) is 3.16. The first-order chi connectivity index (χ1) is 11.4. The van der Waals surface area contributed by atoms with Crippen LogP contribution < -0.4 is 0 Å². The maximum Gasteiger partial charge on any atom is 0.303 e. The normalized spacial score (nSPS) is 45.7. The van der Waals surface area contributed by atoms with Crippen LogP contribution >= 0.6 is 0 Å². The Morgan fingerprint density at radius 3 is 2.88 bits per heavy atom. The molecule has 0 radical (unpaired) electrons. The molecule has 24 heavy (non-hydrogen) atoms. The minimum atomic E-state index is -0.154. The van der Waals surface area contributed by atoms with Gasteiger partial charge in [-0.3, -0.25) is 9.59 Å². The molecule has 5 atom stereocenters. The smallest absolute Gasteiger partial charge is 0.303 e. The van der Waals surface area contributed by atoms with Crippen LogP contribution in [-0.4, -0.2) is 17.4 Å². The summed E-state index contributed by atoms with van der Waals surface area (Å²) in [6.45, 7) is 3.96. The monoisotopic (exact) mass is 326 g/mol. The Hall–Kier alpha value is -1.38. The van der Waals surface area contributed by atoms with Gasteiger partial charge >= 0.3 is 5.97 Å². The van der Waals surface area contributed by atoms with E-state index in [4.69, 9.17) is 4.74 Å². The number of rotatable bonds is 1. The van der Waals surface area contributed by atoms with Crippen LogP contribution in [0.5, 0.6) is 0 Å². The standard InChI is InChI=1S/C21H26O3/c1-12(22)24-21-11-14(21)10-19-18-5-3-13-9-15(23)4-6-16(13)17(18)7-8-20(19,21)2/h9,14,18-19H,3-8,10-11H2,1-2H3/t14-,18+,19-,20-,21-/m0/s1. The summed E-state index contributed by atoms with van der Waals surface area (Å²) in [5, 5.41) is 0. The first-order valence-corrected chi connectivity index (χ1v) is 9.60. The molecule has 5 aliphatic rings. The van der Waals surface area contributed by atoms with Crippen molar-refractivity contribution in [1.82, 2.24) is 0 Å². The van der Waals surface area contributed by atoms with Crippen LogP contribution in [-0.2, 0) is 14.3 Å². The molecule has 0 aromatic carbocycles.